The predicted molar refractivity (Wildman–Crippen MR) is 128 cm³/mol. The third-order valence-electron chi connectivity index (χ3n) is 6.41. The third-order valence-corrected chi connectivity index (χ3v) is 6.41. The Kier molecular flexibility index (Phi) is 5.91. The number of pyridine rings is 1. The fraction of sp³-hybridized carbons (Fsp3) is 0.0714. The molecule has 0 amide bonds. The first kappa shape index (κ1) is 24.1. The van der Waals surface area contributed by atoms with E-state index in [9.17, 15) is 18.7 Å². The number of carbonyl (C=O) groups is 1. The lowest BCUT2D eigenvalue weighted by Crippen LogP contribution is -2.48. The minimum absolute atomic E-state index is 0.0108. The van der Waals surface area contributed by atoms with Crippen molar-refractivity contribution < 1.29 is 27.5 Å². The summed E-state index contributed by atoms with van der Waals surface area (Å²) in [7, 11) is 0. The van der Waals surface area contributed by atoms with Crippen LogP contribution in [-0.4, -0.2) is 16.1 Å². The number of aromatic nitrogens is 1. The van der Waals surface area contributed by atoms with Gasteiger partial charge in [0.15, 0.2) is 5.69 Å². The van der Waals surface area contributed by atoms with E-state index in [4.69, 9.17) is 0 Å². The van der Waals surface area contributed by atoms with Crippen LogP contribution in [0.25, 0.3) is 0 Å². The van der Waals surface area contributed by atoms with Crippen molar-refractivity contribution in [3.05, 3.63) is 149 Å². The molecule has 2 aromatic carbocycles. The molecule has 9 heteroatoms. The van der Waals surface area contributed by atoms with E-state index in [-0.39, 0.29) is 22.3 Å². The maximum absolute atomic E-state index is 15.4. The fourth-order valence-corrected chi connectivity index (χ4v) is 4.87. The summed E-state index contributed by atoms with van der Waals surface area (Å²) in [6.07, 6.45) is 13.8. The Balaban J connectivity index is 1.91. The molecule has 5 rings (SSSR count). The second-order valence-electron chi connectivity index (χ2n) is 8.48. The van der Waals surface area contributed by atoms with E-state index >= 15 is 8.78 Å². The van der Waals surface area contributed by atoms with Crippen LogP contribution in [0.2, 0.25) is 0 Å². The van der Waals surface area contributed by atoms with E-state index in [0.717, 1.165) is 18.2 Å². The topological polar surface area (TPSA) is 74.2 Å². The summed E-state index contributed by atoms with van der Waals surface area (Å²) in [5.74, 6) is -4.86. The van der Waals surface area contributed by atoms with Crippen molar-refractivity contribution in [3.63, 3.8) is 0 Å². The van der Waals surface area contributed by atoms with Crippen molar-refractivity contribution in [3.8, 4) is 0 Å². The van der Waals surface area contributed by atoms with Crippen molar-refractivity contribution in [1.82, 2.24) is 15.6 Å². The first-order valence-electron chi connectivity index (χ1n) is 11.2. The summed E-state index contributed by atoms with van der Waals surface area (Å²) >= 11 is 0. The zero-order chi connectivity index (χ0) is 26.2. The van der Waals surface area contributed by atoms with Crippen LogP contribution in [0, 0.1) is 23.3 Å². The molecule has 5 nitrogen and oxygen atoms in total. The highest BCUT2D eigenvalue weighted by Gasteiger charge is 2.46. The van der Waals surface area contributed by atoms with Crippen molar-refractivity contribution in [1.29, 1.82) is 0 Å². The molecule has 3 aromatic rings. The number of carboxylic acid groups (broad SMARTS) is 1. The fourth-order valence-electron chi connectivity index (χ4n) is 4.87. The molecule has 2 aliphatic heterocycles. The Morgan fingerprint density at radius 1 is 0.730 bits per heavy atom. The van der Waals surface area contributed by atoms with Crippen molar-refractivity contribution in [2.45, 2.75) is 11.1 Å². The number of aromatic carboxylic acids is 1. The Morgan fingerprint density at radius 3 is 1.76 bits per heavy atom. The SMILES string of the molecule is O=C(O)c1nccc(C2(c3ccc(F)cc3F)C=CC=CN2)c1C1(c2ccc(F)cc2F)C=CC=CN1. The number of allylic oxidation sites excluding steroid dienone is 4. The standard InChI is InChI=1S/C28H19F4N3O2/c29-17-5-7-19(22(31)15-17)27(10-1-3-12-34-27)21-9-14-33-25(26(36)37)24(21)28(11-2-4-13-35-28)20-8-6-18(30)16-23(20)32/h1-16,34-35H,(H,36,37). The van der Waals surface area contributed by atoms with Crippen LogP contribution >= 0.6 is 0 Å². The van der Waals surface area contributed by atoms with Gasteiger partial charge in [-0.1, -0.05) is 30.4 Å². The number of nitrogens with zero attached hydrogens (tertiary/aromatic N) is 1. The largest absolute Gasteiger partial charge is 0.477 e. The van der Waals surface area contributed by atoms with Crippen molar-refractivity contribution >= 4 is 5.97 Å². The molecule has 0 saturated heterocycles. The first-order chi connectivity index (χ1) is 17.8. The molecule has 3 N–H and O–H groups in total. The van der Waals surface area contributed by atoms with Gasteiger partial charge < -0.3 is 15.7 Å². The number of dihydropyridines is 2. The Bertz CT molecular complexity index is 1530. The monoisotopic (exact) mass is 505 g/mol. The zero-order valence-electron chi connectivity index (χ0n) is 19.1. The van der Waals surface area contributed by atoms with Crippen LogP contribution in [0.3, 0.4) is 0 Å². The summed E-state index contributed by atoms with van der Waals surface area (Å²) in [6.45, 7) is 0. The van der Waals surface area contributed by atoms with Crippen molar-refractivity contribution in [2.75, 3.05) is 0 Å². The van der Waals surface area contributed by atoms with E-state index in [1.54, 1.807) is 30.4 Å². The van der Waals surface area contributed by atoms with Gasteiger partial charge in [-0.25, -0.2) is 27.3 Å². The number of hydrogen-bond acceptors (Lipinski definition) is 4. The number of carboxylic acids is 1. The maximum Gasteiger partial charge on any atom is 0.354 e. The highest BCUT2D eigenvalue weighted by molar-refractivity contribution is 5.89. The van der Waals surface area contributed by atoms with Gasteiger partial charge in [0.05, 0.1) is 0 Å². The van der Waals surface area contributed by atoms with Crippen LogP contribution < -0.4 is 10.6 Å². The molecule has 0 spiro atoms. The Hall–Kier alpha value is -4.66. The van der Waals surface area contributed by atoms with Gasteiger partial charge >= 0.3 is 5.97 Å². The van der Waals surface area contributed by atoms with Crippen LogP contribution in [-0.2, 0) is 11.1 Å². The van der Waals surface area contributed by atoms with Gasteiger partial charge in [-0.05, 0) is 54.4 Å². The molecule has 2 atom stereocenters. The van der Waals surface area contributed by atoms with E-state index in [1.807, 2.05) is 0 Å². The normalized spacial score (nSPS) is 21.9. The summed E-state index contributed by atoms with van der Waals surface area (Å²) in [5, 5.41) is 16.3. The Morgan fingerprint density at radius 2 is 1.27 bits per heavy atom. The predicted octanol–water partition coefficient (Wildman–Crippen LogP) is 5.17. The lowest BCUT2D eigenvalue weighted by molar-refractivity contribution is 0.0687. The second kappa shape index (κ2) is 9.09. The number of hydrogen-bond donors (Lipinski definition) is 3. The summed E-state index contributed by atoms with van der Waals surface area (Å²) in [6, 6.07) is 7.50. The number of nitrogens with one attached hydrogen (secondary N) is 2. The highest BCUT2D eigenvalue weighted by atomic mass is 19.1. The van der Waals surface area contributed by atoms with Gasteiger partial charge in [0.2, 0.25) is 0 Å². The number of benzene rings is 2. The minimum Gasteiger partial charge on any atom is -0.477 e. The second-order valence-corrected chi connectivity index (χ2v) is 8.48. The Labute approximate surface area is 209 Å². The average molecular weight is 505 g/mol. The third kappa shape index (κ3) is 3.88. The average Bonchev–Trinajstić information content (AvgIpc) is 2.89. The molecule has 2 aliphatic rings. The van der Waals surface area contributed by atoms with E-state index in [2.05, 4.69) is 15.6 Å². The van der Waals surface area contributed by atoms with Crippen LogP contribution in [0.1, 0.15) is 32.7 Å². The van der Waals surface area contributed by atoms with Crippen LogP contribution in [0.4, 0.5) is 17.6 Å². The van der Waals surface area contributed by atoms with Gasteiger partial charge in [-0.15, -0.1) is 0 Å². The molecule has 186 valence electrons. The first-order valence-corrected chi connectivity index (χ1v) is 11.2. The van der Waals surface area contributed by atoms with E-state index in [1.165, 1.54) is 42.9 Å². The summed E-state index contributed by atoms with van der Waals surface area (Å²) < 4.78 is 58.4. The van der Waals surface area contributed by atoms with Crippen LogP contribution in [0.15, 0.2) is 97.5 Å². The van der Waals surface area contributed by atoms with Gasteiger partial charge in [0, 0.05) is 35.0 Å². The van der Waals surface area contributed by atoms with Crippen LogP contribution in [0.5, 0.6) is 0 Å². The molecule has 0 fully saturated rings. The minimum atomic E-state index is -1.69. The number of halogens is 4. The lowest BCUT2D eigenvalue weighted by atomic mass is 9.71. The smallest absolute Gasteiger partial charge is 0.354 e. The molecular formula is C28H19F4N3O2. The quantitative estimate of drug-likeness (QED) is 0.418. The molecule has 0 radical (unpaired) electrons. The molecule has 37 heavy (non-hydrogen) atoms. The highest BCUT2D eigenvalue weighted by Crippen LogP contribution is 2.45. The molecule has 3 heterocycles. The number of rotatable bonds is 5. The maximum atomic E-state index is 15.4. The van der Waals surface area contributed by atoms with E-state index in [0.29, 0.717) is 6.07 Å². The molecule has 1 aromatic heterocycles. The zero-order valence-corrected chi connectivity index (χ0v) is 19.1. The van der Waals surface area contributed by atoms with E-state index < -0.39 is 46.0 Å². The molecule has 0 bridgehead atoms. The summed E-state index contributed by atoms with van der Waals surface area (Å²) in [4.78, 5) is 16.6. The molecule has 2 unspecified atom stereocenters. The van der Waals surface area contributed by atoms with Gasteiger partial charge in [0.1, 0.15) is 34.3 Å². The van der Waals surface area contributed by atoms with Gasteiger partial charge in [-0.3, -0.25) is 0 Å². The van der Waals surface area contributed by atoms with Crippen molar-refractivity contribution in [2.24, 2.45) is 0 Å². The summed E-state index contributed by atoms with van der Waals surface area (Å²) in [5.41, 5.74) is -3.61. The lowest BCUT2D eigenvalue weighted by Gasteiger charge is -2.42. The van der Waals surface area contributed by atoms with Gasteiger partial charge in [0.25, 0.3) is 0 Å². The molecular weight excluding hydrogens is 486 g/mol. The van der Waals surface area contributed by atoms with Gasteiger partial charge in [-0.2, -0.15) is 0 Å². The molecule has 0 saturated carbocycles. The molecule has 0 aliphatic carbocycles.